The largest absolute Gasteiger partial charge is 0.493 e. The maximum Gasteiger partial charge on any atom is 0.338 e. The molecule has 1 aliphatic rings. The van der Waals surface area contributed by atoms with Crippen molar-refractivity contribution in [1.82, 2.24) is 5.32 Å². The highest BCUT2D eigenvalue weighted by atomic mass is 16.5. The van der Waals surface area contributed by atoms with E-state index in [4.69, 9.17) is 14.2 Å². The molecule has 0 atom stereocenters. The summed E-state index contributed by atoms with van der Waals surface area (Å²) in [7, 11) is 1.52. The number of nitrogens with one attached hydrogen (secondary N) is 1. The van der Waals surface area contributed by atoms with Gasteiger partial charge in [0.25, 0.3) is 5.91 Å². The van der Waals surface area contributed by atoms with Gasteiger partial charge in [0.05, 0.1) is 19.3 Å². The fraction of sp³-hybridized carbons (Fsp3) is 0.600. The second-order valence-corrected chi connectivity index (χ2v) is 6.55. The van der Waals surface area contributed by atoms with Crippen molar-refractivity contribution in [3.05, 3.63) is 23.8 Å². The third kappa shape index (κ3) is 6.24. The Hall–Kier alpha value is -2.24. The number of ether oxygens (including phenoxy) is 3. The summed E-state index contributed by atoms with van der Waals surface area (Å²) in [4.78, 5) is 24.1. The van der Waals surface area contributed by atoms with Gasteiger partial charge in [-0.25, -0.2) is 4.79 Å². The Bertz CT molecular complexity index is 596. The highest BCUT2D eigenvalue weighted by Gasteiger charge is 2.18. The van der Waals surface area contributed by atoms with Crippen molar-refractivity contribution in [3.63, 3.8) is 0 Å². The molecule has 1 saturated carbocycles. The van der Waals surface area contributed by atoms with Crippen LogP contribution in [-0.4, -0.2) is 38.2 Å². The lowest BCUT2D eigenvalue weighted by molar-refractivity contribution is -0.125. The monoisotopic (exact) mass is 363 g/mol. The van der Waals surface area contributed by atoms with E-state index in [0.717, 1.165) is 38.5 Å². The summed E-state index contributed by atoms with van der Waals surface area (Å²) in [5.41, 5.74) is 0.329. The van der Waals surface area contributed by atoms with Gasteiger partial charge in [0.15, 0.2) is 18.1 Å². The van der Waals surface area contributed by atoms with E-state index < -0.39 is 5.97 Å². The van der Waals surface area contributed by atoms with E-state index in [1.165, 1.54) is 13.5 Å². The van der Waals surface area contributed by atoms with Gasteiger partial charge >= 0.3 is 5.97 Å². The van der Waals surface area contributed by atoms with Crippen molar-refractivity contribution >= 4 is 11.9 Å². The first-order valence-electron chi connectivity index (χ1n) is 9.41. The van der Waals surface area contributed by atoms with Gasteiger partial charge in [-0.3, -0.25) is 4.79 Å². The van der Waals surface area contributed by atoms with Crippen LogP contribution in [0.25, 0.3) is 0 Å². The molecule has 0 bridgehead atoms. The standard InChI is InChI=1S/C20H29NO5/c1-3-4-12-25-17-11-10-15(13-18(17)24-2)20(23)26-14-19(22)21-16-8-6-5-7-9-16/h10-11,13,16H,3-9,12,14H2,1-2H3,(H,21,22). The molecule has 6 heteroatoms. The minimum absolute atomic E-state index is 0.203. The van der Waals surface area contributed by atoms with E-state index in [-0.39, 0.29) is 18.6 Å². The van der Waals surface area contributed by atoms with Crippen molar-refractivity contribution in [3.8, 4) is 11.5 Å². The lowest BCUT2D eigenvalue weighted by Crippen LogP contribution is -2.38. The second-order valence-electron chi connectivity index (χ2n) is 6.55. The smallest absolute Gasteiger partial charge is 0.338 e. The van der Waals surface area contributed by atoms with Gasteiger partial charge in [0.1, 0.15) is 0 Å². The Labute approximate surface area is 155 Å². The molecule has 1 aliphatic carbocycles. The Morgan fingerprint density at radius 2 is 1.92 bits per heavy atom. The Morgan fingerprint density at radius 1 is 1.15 bits per heavy atom. The average Bonchev–Trinajstić information content (AvgIpc) is 2.67. The molecule has 0 radical (unpaired) electrons. The highest BCUT2D eigenvalue weighted by molar-refractivity contribution is 5.92. The number of unbranched alkanes of at least 4 members (excludes halogenated alkanes) is 1. The quantitative estimate of drug-likeness (QED) is 0.537. The zero-order valence-electron chi connectivity index (χ0n) is 15.7. The summed E-state index contributed by atoms with van der Waals surface area (Å²) in [6, 6.07) is 5.08. The van der Waals surface area contributed by atoms with E-state index in [2.05, 4.69) is 12.2 Å². The van der Waals surface area contributed by atoms with Crippen LogP contribution in [0.2, 0.25) is 0 Å². The second kappa shape index (κ2) is 10.7. The first-order chi connectivity index (χ1) is 12.6. The third-order valence-corrected chi connectivity index (χ3v) is 4.46. The zero-order valence-corrected chi connectivity index (χ0v) is 15.7. The number of benzene rings is 1. The van der Waals surface area contributed by atoms with Crippen LogP contribution in [0, 0.1) is 0 Å². The first kappa shape index (κ1) is 20.1. The normalized spacial score (nSPS) is 14.5. The average molecular weight is 363 g/mol. The van der Waals surface area contributed by atoms with Crippen molar-refractivity contribution in [1.29, 1.82) is 0 Å². The maximum atomic E-state index is 12.2. The predicted octanol–water partition coefficient (Wildman–Crippen LogP) is 3.48. The number of amides is 1. The van der Waals surface area contributed by atoms with Gasteiger partial charge in [-0.15, -0.1) is 0 Å². The molecule has 0 heterocycles. The molecule has 0 saturated heterocycles. The molecular formula is C20H29NO5. The molecule has 2 rings (SSSR count). The van der Waals surface area contributed by atoms with Crippen LogP contribution in [-0.2, 0) is 9.53 Å². The van der Waals surface area contributed by atoms with E-state index in [1.807, 2.05) is 0 Å². The number of rotatable bonds is 9. The van der Waals surface area contributed by atoms with Crippen molar-refractivity contribution < 1.29 is 23.8 Å². The fourth-order valence-corrected chi connectivity index (χ4v) is 2.97. The van der Waals surface area contributed by atoms with Crippen LogP contribution in [0.1, 0.15) is 62.2 Å². The summed E-state index contributed by atoms with van der Waals surface area (Å²) in [6.07, 6.45) is 7.47. The molecule has 1 amide bonds. The van der Waals surface area contributed by atoms with E-state index >= 15 is 0 Å². The molecule has 0 aliphatic heterocycles. The molecule has 1 aromatic rings. The zero-order chi connectivity index (χ0) is 18.8. The highest BCUT2D eigenvalue weighted by Crippen LogP contribution is 2.28. The van der Waals surface area contributed by atoms with Gasteiger partial charge in [-0.2, -0.15) is 0 Å². The van der Waals surface area contributed by atoms with Gasteiger partial charge < -0.3 is 19.5 Å². The Morgan fingerprint density at radius 3 is 2.62 bits per heavy atom. The van der Waals surface area contributed by atoms with E-state index in [0.29, 0.717) is 23.7 Å². The number of carbonyl (C=O) groups excluding carboxylic acids is 2. The maximum absolute atomic E-state index is 12.2. The van der Waals surface area contributed by atoms with Gasteiger partial charge in [-0.05, 0) is 37.5 Å². The summed E-state index contributed by atoms with van der Waals surface area (Å²) >= 11 is 0. The number of carbonyl (C=O) groups is 2. The SMILES string of the molecule is CCCCOc1ccc(C(=O)OCC(=O)NC2CCCCC2)cc1OC. The third-order valence-electron chi connectivity index (χ3n) is 4.46. The van der Waals surface area contributed by atoms with Crippen LogP contribution < -0.4 is 14.8 Å². The molecule has 6 nitrogen and oxygen atoms in total. The summed E-state index contributed by atoms with van der Waals surface area (Å²) in [6.45, 7) is 2.41. The van der Waals surface area contributed by atoms with Gasteiger partial charge in [0, 0.05) is 6.04 Å². The minimum atomic E-state index is -0.554. The van der Waals surface area contributed by atoms with Crippen molar-refractivity contribution in [2.45, 2.75) is 57.9 Å². The lowest BCUT2D eigenvalue weighted by Gasteiger charge is -2.22. The molecule has 1 aromatic carbocycles. The Balaban J connectivity index is 1.84. The predicted molar refractivity (Wildman–Crippen MR) is 98.7 cm³/mol. The molecule has 1 N–H and O–H groups in total. The molecule has 0 spiro atoms. The van der Waals surface area contributed by atoms with Crippen molar-refractivity contribution in [2.24, 2.45) is 0 Å². The fourth-order valence-electron chi connectivity index (χ4n) is 2.97. The van der Waals surface area contributed by atoms with Crippen LogP contribution >= 0.6 is 0 Å². The molecular weight excluding hydrogens is 334 g/mol. The van der Waals surface area contributed by atoms with Gasteiger partial charge in [-0.1, -0.05) is 32.6 Å². The molecule has 1 fully saturated rings. The summed E-state index contributed by atoms with van der Waals surface area (Å²) in [5, 5.41) is 2.93. The van der Waals surface area contributed by atoms with Crippen LogP contribution in [0.4, 0.5) is 0 Å². The number of hydrogen-bond donors (Lipinski definition) is 1. The van der Waals surface area contributed by atoms with Gasteiger partial charge in [0.2, 0.25) is 0 Å². The number of methoxy groups -OCH3 is 1. The molecule has 0 aromatic heterocycles. The Kier molecular flexibility index (Phi) is 8.25. The lowest BCUT2D eigenvalue weighted by atomic mass is 9.95. The van der Waals surface area contributed by atoms with Crippen LogP contribution in [0.15, 0.2) is 18.2 Å². The number of esters is 1. The molecule has 26 heavy (non-hydrogen) atoms. The minimum Gasteiger partial charge on any atom is -0.493 e. The molecule has 144 valence electrons. The van der Waals surface area contributed by atoms with Crippen molar-refractivity contribution in [2.75, 3.05) is 20.3 Å². The first-order valence-corrected chi connectivity index (χ1v) is 9.41. The van der Waals surface area contributed by atoms with Crippen LogP contribution in [0.5, 0.6) is 11.5 Å². The summed E-state index contributed by atoms with van der Waals surface area (Å²) < 4.78 is 16.0. The molecule has 0 unspecified atom stereocenters. The van der Waals surface area contributed by atoms with E-state index in [9.17, 15) is 9.59 Å². The number of hydrogen-bond acceptors (Lipinski definition) is 5. The van der Waals surface area contributed by atoms with E-state index in [1.54, 1.807) is 18.2 Å². The van der Waals surface area contributed by atoms with Crippen LogP contribution in [0.3, 0.4) is 0 Å². The summed E-state index contributed by atoms with van der Waals surface area (Å²) in [5.74, 6) is 0.258. The topological polar surface area (TPSA) is 73.9 Å².